The first-order valence-electron chi connectivity index (χ1n) is 20.6. The largest absolute Gasteiger partial charge is 0.449 e. The zero-order valence-electron chi connectivity index (χ0n) is 33.8. The molecule has 5 aromatic rings. The van der Waals surface area contributed by atoms with Crippen molar-refractivity contribution in [2.24, 2.45) is 17.4 Å². The van der Waals surface area contributed by atoms with Crippen LogP contribution in [0, 0.1) is 5.92 Å². The molecule has 4 aliphatic rings. The highest BCUT2D eigenvalue weighted by Gasteiger charge is 2.41. The molecule has 0 radical (unpaired) electrons. The number of hydrogen-bond donors (Lipinski definition) is 6. The van der Waals surface area contributed by atoms with Crippen LogP contribution in [0.15, 0.2) is 91.1 Å². The number of anilines is 2. The normalized spacial score (nSPS) is 19.3. The Bertz CT molecular complexity index is 2670. The van der Waals surface area contributed by atoms with Crippen molar-refractivity contribution in [1.29, 1.82) is 0 Å². The third-order valence-electron chi connectivity index (χ3n) is 12.1. The number of amides is 3. The minimum absolute atomic E-state index is 0.00650. The molecule has 0 spiro atoms. The molecule has 5 heterocycles. The molecule has 2 saturated heterocycles. The number of fused-ring (bicyclic) bond motifs is 2. The summed E-state index contributed by atoms with van der Waals surface area (Å²) in [6, 6.07) is 23.8. The number of benzene rings is 4. The zero-order chi connectivity index (χ0) is 43.4. The summed E-state index contributed by atoms with van der Waals surface area (Å²) in [5, 5.41) is 17.6. The van der Waals surface area contributed by atoms with E-state index >= 15 is 4.79 Å². The molecule has 13 nitrogen and oxygen atoms in total. The lowest BCUT2D eigenvalue weighted by Gasteiger charge is -2.40. The fourth-order valence-corrected chi connectivity index (χ4v) is 10.2. The molecule has 4 aliphatic heterocycles. The molecule has 8 N–H and O–H groups in total. The number of piperidine rings is 1. The minimum Gasteiger partial charge on any atom is -0.449 e. The molecule has 1 aromatic heterocycles. The van der Waals surface area contributed by atoms with Crippen LogP contribution in [0.2, 0.25) is 15.1 Å². The second-order valence-electron chi connectivity index (χ2n) is 16.3. The van der Waals surface area contributed by atoms with E-state index in [9.17, 15) is 14.7 Å². The molecular weight excluding hydrogens is 851 g/mol. The molecule has 4 aromatic carbocycles. The van der Waals surface area contributed by atoms with E-state index < -0.39 is 23.8 Å². The summed E-state index contributed by atoms with van der Waals surface area (Å²) in [6.07, 6.45) is 6.75. The van der Waals surface area contributed by atoms with Gasteiger partial charge in [-0.2, -0.15) is 0 Å². The summed E-state index contributed by atoms with van der Waals surface area (Å²) >= 11 is 20.4. The van der Waals surface area contributed by atoms with Gasteiger partial charge in [-0.1, -0.05) is 84.2 Å². The van der Waals surface area contributed by atoms with Gasteiger partial charge in [0.15, 0.2) is 0 Å². The number of nitrogens with zero attached hydrogens (tertiary/aromatic N) is 3. The fourth-order valence-electron chi connectivity index (χ4n) is 9.41. The number of aliphatic hydroxyl groups is 1. The highest BCUT2D eigenvalue weighted by Crippen LogP contribution is 2.54. The highest BCUT2D eigenvalue weighted by molar-refractivity contribution is 6.35. The van der Waals surface area contributed by atoms with Crippen LogP contribution < -0.4 is 27.0 Å². The Labute approximate surface area is 373 Å². The van der Waals surface area contributed by atoms with Crippen LogP contribution in [0.1, 0.15) is 81.7 Å². The maximum Gasteiger partial charge on any atom is 0.410 e. The third-order valence-corrected chi connectivity index (χ3v) is 12.9. The lowest BCUT2D eigenvalue weighted by molar-refractivity contribution is 0.0182. The van der Waals surface area contributed by atoms with Crippen molar-refractivity contribution in [1.82, 2.24) is 20.1 Å². The molecule has 320 valence electrons. The van der Waals surface area contributed by atoms with E-state index in [0.717, 1.165) is 46.2 Å². The fraction of sp³-hybridized carbons (Fsp3) is 0.283. The minimum atomic E-state index is -2.48. The average molecular weight is 896 g/mol. The number of hydrogen-bond acceptors (Lipinski definition) is 9. The van der Waals surface area contributed by atoms with Crippen molar-refractivity contribution in [3.05, 3.63) is 140 Å². The number of rotatable bonds is 8. The number of nitrogens with one attached hydrogen (secondary N) is 3. The maximum absolute atomic E-state index is 15.2. The van der Waals surface area contributed by atoms with Gasteiger partial charge >= 0.3 is 6.09 Å². The molecule has 0 bridgehead atoms. The zero-order valence-corrected chi connectivity index (χ0v) is 36.0. The van der Waals surface area contributed by atoms with Crippen molar-refractivity contribution >= 4 is 86.3 Å². The SMILES string of the molecule is CC1CC=CN2C(=C1c1ccccc1)c1c(C(=O)Nc3cc(C(=O)NC(N)(N)O)ccc3N3CCC(N4CCCOC4=O)CC3)[nH]c3cc(Cl)cc(c13)C2c1ccc(Cl)cc1Cl. The summed E-state index contributed by atoms with van der Waals surface area (Å²) in [7, 11) is 0. The van der Waals surface area contributed by atoms with Crippen molar-refractivity contribution in [2.45, 2.75) is 50.7 Å². The van der Waals surface area contributed by atoms with E-state index in [2.05, 4.69) is 56.7 Å². The molecule has 2 atom stereocenters. The van der Waals surface area contributed by atoms with Crippen molar-refractivity contribution in [3.63, 3.8) is 0 Å². The Morgan fingerprint density at radius 1 is 0.919 bits per heavy atom. The number of halogens is 3. The van der Waals surface area contributed by atoms with Crippen LogP contribution >= 0.6 is 34.8 Å². The smallest absolute Gasteiger partial charge is 0.410 e. The first kappa shape index (κ1) is 41.8. The number of H-pyrrole nitrogens is 1. The first-order chi connectivity index (χ1) is 29.8. The summed E-state index contributed by atoms with van der Waals surface area (Å²) in [4.78, 5) is 50.7. The van der Waals surface area contributed by atoms with Crippen LogP contribution in [-0.4, -0.2) is 76.1 Å². The van der Waals surface area contributed by atoms with Crippen molar-refractivity contribution in [2.75, 3.05) is 36.5 Å². The van der Waals surface area contributed by atoms with Gasteiger partial charge in [0.1, 0.15) is 5.69 Å². The van der Waals surface area contributed by atoms with E-state index in [1.807, 2.05) is 42.5 Å². The van der Waals surface area contributed by atoms with Crippen LogP contribution in [0.5, 0.6) is 0 Å². The Hall–Kier alpha value is -5.54. The quantitative estimate of drug-likeness (QED) is 0.0836. The predicted molar refractivity (Wildman–Crippen MR) is 243 cm³/mol. The second kappa shape index (κ2) is 16.6. The molecule has 0 aliphatic carbocycles. The number of allylic oxidation sites excluding steroid dienone is 2. The van der Waals surface area contributed by atoms with Gasteiger partial charge in [0.2, 0.25) is 0 Å². The molecule has 3 amide bonds. The van der Waals surface area contributed by atoms with E-state index in [4.69, 9.17) is 51.0 Å². The average Bonchev–Trinajstić information content (AvgIpc) is 3.53. The molecule has 16 heteroatoms. The van der Waals surface area contributed by atoms with E-state index in [-0.39, 0.29) is 29.3 Å². The van der Waals surface area contributed by atoms with Gasteiger partial charge in [0.05, 0.1) is 29.7 Å². The van der Waals surface area contributed by atoms with E-state index in [1.165, 1.54) is 6.07 Å². The molecular formula is C46H45Cl3N8O5. The molecule has 0 saturated carbocycles. The van der Waals surface area contributed by atoms with Gasteiger partial charge in [-0.15, -0.1) is 0 Å². The summed E-state index contributed by atoms with van der Waals surface area (Å²) < 4.78 is 5.33. The lowest BCUT2D eigenvalue weighted by atomic mass is 9.82. The number of carbonyl (C=O) groups is 3. The monoisotopic (exact) mass is 894 g/mol. The van der Waals surface area contributed by atoms with Gasteiger partial charge in [-0.25, -0.2) is 4.79 Å². The summed E-state index contributed by atoms with van der Waals surface area (Å²) in [5.41, 5.74) is 18.3. The van der Waals surface area contributed by atoms with E-state index in [0.29, 0.717) is 76.6 Å². The number of aromatic nitrogens is 1. The number of ether oxygens (including phenoxy) is 1. The topological polar surface area (TPSA) is 182 Å². The Morgan fingerprint density at radius 3 is 2.42 bits per heavy atom. The van der Waals surface area contributed by atoms with Crippen molar-refractivity contribution in [3.8, 4) is 0 Å². The predicted octanol–water partition coefficient (Wildman–Crippen LogP) is 8.27. The van der Waals surface area contributed by atoms with Crippen LogP contribution in [0.3, 0.4) is 0 Å². The van der Waals surface area contributed by atoms with Crippen LogP contribution in [-0.2, 0) is 4.74 Å². The number of nitrogens with two attached hydrogens (primary N) is 2. The summed E-state index contributed by atoms with van der Waals surface area (Å²) in [6.45, 7) is 4.37. The third kappa shape index (κ3) is 7.89. The Kier molecular flexibility index (Phi) is 11.2. The van der Waals surface area contributed by atoms with Gasteiger partial charge in [0, 0.05) is 69.0 Å². The van der Waals surface area contributed by atoms with Gasteiger partial charge in [-0.3, -0.25) is 26.4 Å². The van der Waals surface area contributed by atoms with Gasteiger partial charge in [0.25, 0.3) is 17.8 Å². The second-order valence-corrected chi connectivity index (χ2v) is 17.5. The molecule has 2 fully saturated rings. The van der Waals surface area contributed by atoms with Gasteiger partial charge in [-0.05, 0) is 96.3 Å². The Morgan fingerprint density at radius 2 is 1.69 bits per heavy atom. The number of carbonyl (C=O) groups excluding carboxylic acids is 3. The molecule has 2 unspecified atom stereocenters. The van der Waals surface area contributed by atoms with Crippen molar-refractivity contribution < 1.29 is 24.2 Å². The standard InChI is InChI=1S/C46H45Cl3N8O5/c1-25-7-5-16-57-41(31-12-11-28(47)23-33(31)49)32-22-29(48)24-35-38(32)39(42(57)37(25)26-8-3-2-4-9-26)40(52-35)44(59)53-34-21-27(43(58)54-46(50,51)61)10-13-36(34)55-18-14-30(15-19-55)56-17-6-20-62-45(56)60/h2-5,8-13,16,21-25,30,41,52,61H,6-7,14-15,17-20,50-51H2,1H3,(H,53,59)(H,54,58). The summed E-state index contributed by atoms with van der Waals surface area (Å²) in [5.74, 6) is -3.66. The number of aromatic amines is 1. The van der Waals surface area contributed by atoms with Crippen LogP contribution in [0.4, 0.5) is 16.2 Å². The van der Waals surface area contributed by atoms with E-state index in [1.54, 1.807) is 23.1 Å². The lowest BCUT2D eigenvalue weighted by Crippen LogP contribution is -2.63. The molecule has 62 heavy (non-hydrogen) atoms. The highest BCUT2D eigenvalue weighted by atomic mass is 35.5. The van der Waals surface area contributed by atoms with Crippen LogP contribution in [0.25, 0.3) is 22.2 Å². The van der Waals surface area contributed by atoms with Gasteiger partial charge < -0.3 is 34.8 Å². The number of cyclic esters (lactones) is 1. The molecule has 9 rings (SSSR count). The maximum atomic E-state index is 15.2. The first-order valence-corrected chi connectivity index (χ1v) is 21.7. The Balaban J connectivity index is 1.19.